The van der Waals surface area contributed by atoms with Crippen LogP contribution in [0.4, 0.5) is 0 Å². The van der Waals surface area contributed by atoms with E-state index in [1.807, 2.05) is 12.3 Å². The minimum Gasteiger partial charge on any atom is -0.395 e. The quantitative estimate of drug-likeness (QED) is 0.705. The van der Waals surface area contributed by atoms with Gasteiger partial charge < -0.3 is 20.1 Å². The molecule has 4 heteroatoms. The number of methoxy groups -OCH3 is 1. The van der Waals surface area contributed by atoms with Crippen LogP contribution in [-0.2, 0) is 11.3 Å². The molecule has 0 saturated carbocycles. The summed E-state index contributed by atoms with van der Waals surface area (Å²) in [5, 5.41) is 13.6. The van der Waals surface area contributed by atoms with E-state index in [1.165, 1.54) is 10.9 Å². The molecule has 1 atom stereocenters. The predicted octanol–water partition coefficient (Wildman–Crippen LogP) is 1.26. The SMILES string of the molecule is COCC(CO)NCc1cccc2cc[nH]c12. The molecule has 3 N–H and O–H groups in total. The average Bonchev–Trinajstić information content (AvgIpc) is 2.83. The minimum absolute atomic E-state index is 0.0229. The largest absolute Gasteiger partial charge is 0.395 e. The molecule has 17 heavy (non-hydrogen) atoms. The lowest BCUT2D eigenvalue weighted by molar-refractivity contribution is 0.128. The molecule has 2 aromatic rings. The van der Waals surface area contributed by atoms with Crippen LogP contribution in [0.2, 0.25) is 0 Å². The Morgan fingerprint density at radius 1 is 1.41 bits per heavy atom. The Kier molecular flexibility index (Phi) is 4.14. The van der Waals surface area contributed by atoms with E-state index in [-0.39, 0.29) is 12.6 Å². The van der Waals surface area contributed by atoms with Crippen molar-refractivity contribution < 1.29 is 9.84 Å². The predicted molar refractivity (Wildman–Crippen MR) is 67.9 cm³/mol. The molecule has 0 fully saturated rings. The van der Waals surface area contributed by atoms with E-state index in [0.29, 0.717) is 13.2 Å². The van der Waals surface area contributed by atoms with Gasteiger partial charge in [0.05, 0.1) is 19.3 Å². The monoisotopic (exact) mass is 234 g/mol. The normalized spacial score (nSPS) is 13.1. The van der Waals surface area contributed by atoms with Crippen LogP contribution in [0.25, 0.3) is 10.9 Å². The van der Waals surface area contributed by atoms with E-state index in [9.17, 15) is 0 Å². The number of H-pyrrole nitrogens is 1. The van der Waals surface area contributed by atoms with Crippen molar-refractivity contribution in [3.05, 3.63) is 36.0 Å². The van der Waals surface area contributed by atoms with Crippen molar-refractivity contribution in [1.82, 2.24) is 10.3 Å². The third-order valence-corrected chi connectivity index (χ3v) is 2.84. The molecular weight excluding hydrogens is 216 g/mol. The fraction of sp³-hybridized carbons (Fsp3) is 0.385. The van der Waals surface area contributed by atoms with Gasteiger partial charge in [-0.2, -0.15) is 0 Å². The van der Waals surface area contributed by atoms with Gasteiger partial charge in [-0.3, -0.25) is 0 Å². The molecule has 1 aromatic heterocycles. The molecule has 0 saturated heterocycles. The van der Waals surface area contributed by atoms with Crippen LogP contribution < -0.4 is 5.32 Å². The molecule has 0 spiro atoms. The number of aliphatic hydroxyl groups excluding tert-OH is 1. The van der Waals surface area contributed by atoms with E-state index in [4.69, 9.17) is 9.84 Å². The number of aliphatic hydroxyl groups is 1. The number of para-hydroxylation sites is 1. The first-order valence-electron chi connectivity index (χ1n) is 5.73. The smallest absolute Gasteiger partial charge is 0.0638 e. The van der Waals surface area contributed by atoms with Gasteiger partial charge in [0, 0.05) is 25.4 Å². The summed E-state index contributed by atoms with van der Waals surface area (Å²) in [5.74, 6) is 0. The fourth-order valence-corrected chi connectivity index (χ4v) is 1.93. The van der Waals surface area contributed by atoms with Crippen molar-refractivity contribution in [3.63, 3.8) is 0 Å². The Bertz CT molecular complexity index is 467. The number of aromatic amines is 1. The van der Waals surface area contributed by atoms with E-state index in [1.54, 1.807) is 7.11 Å². The molecule has 0 bridgehead atoms. The second-order valence-corrected chi connectivity index (χ2v) is 4.07. The van der Waals surface area contributed by atoms with Crippen molar-refractivity contribution in [2.75, 3.05) is 20.3 Å². The van der Waals surface area contributed by atoms with Gasteiger partial charge in [-0.05, 0) is 17.0 Å². The van der Waals surface area contributed by atoms with Crippen molar-refractivity contribution in [2.24, 2.45) is 0 Å². The van der Waals surface area contributed by atoms with Crippen LogP contribution in [0.15, 0.2) is 30.5 Å². The van der Waals surface area contributed by atoms with Gasteiger partial charge in [-0.1, -0.05) is 18.2 Å². The van der Waals surface area contributed by atoms with Crippen LogP contribution in [0.1, 0.15) is 5.56 Å². The highest BCUT2D eigenvalue weighted by Crippen LogP contribution is 2.16. The van der Waals surface area contributed by atoms with Crippen LogP contribution in [0.3, 0.4) is 0 Å². The molecule has 0 amide bonds. The Morgan fingerprint density at radius 2 is 2.29 bits per heavy atom. The summed E-state index contributed by atoms with van der Waals surface area (Å²) in [6, 6.07) is 8.22. The molecule has 0 aliphatic carbocycles. The molecule has 0 aliphatic heterocycles. The second-order valence-electron chi connectivity index (χ2n) is 4.07. The Labute approximate surface area is 101 Å². The topological polar surface area (TPSA) is 57.3 Å². The Morgan fingerprint density at radius 3 is 3.06 bits per heavy atom. The summed E-state index contributed by atoms with van der Waals surface area (Å²) < 4.78 is 5.03. The van der Waals surface area contributed by atoms with Gasteiger partial charge in [0.15, 0.2) is 0 Å². The van der Waals surface area contributed by atoms with Crippen LogP contribution in [-0.4, -0.2) is 36.5 Å². The number of hydrogen-bond donors (Lipinski definition) is 3. The molecule has 0 radical (unpaired) electrons. The highest BCUT2D eigenvalue weighted by molar-refractivity contribution is 5.82. The van der Waals surface area contributed by atoms with Gasteiger partial charge in [-0.25, -0.2) is 0 Å². The maximum Gasteiger partial charge on any atom is 0.0638 e. The van der Waals surface area contributed by atoms with Crippen LogP contribution >= 0.6 is 0 Å². The maximum atomic E-state index is 9.16. The molecule has 0 aliphatic rings. The zero-order chi connectivity index (χ0) is 12.1. The summed E-state index contributed by atoms with van der Waals surface area (Å²) >= 11 is 0. The van der Waals surface area contributed by atoms with E-state index in [0.717, 1.165) is 5.52 Å². The van der Waals surface area contributed by atoms with Crippen LogP contribution in [0, 0.1) is 0 Å². The first-order chi connectivity index (χ1) is 8.35. The third-order valence-electron chi connectivity index (χ3n) is 2.84. The van der Waals surface area contributed by atoms with E-state index < -0.39 is 0 Å². The summed E-state index contributed by atoms with van der Waals surface area (Å²) in [7, 11) is 1.63. The van der Waals surface area contributed by atoms with Crippen molar-refractivity contribution in [1.29, 1.82) is 0 Å². The zero-order valence-electron chi connectivity index (χ0n) is 9.94. The van der Waals surface area contributed by atoms with Gasteiger partial charge in [-0.15, -0.1) is 0 Å². The first-order valence-corrected chi connectivity index (χ1v) is 5.73. The Hall–Kier alpha value is -1.36. The number of nitrogens with one attached hydrogen (secondary N) is 2. The highest BCUT2D eigenvalue weighted by Gasteiger charge is 2.07. The number of rotatable bonds is 6. The molecule has 1 unspecified atom stereocenters. The standard InChI is InChI=1S/C13H18N2O2/c1-17-9-12(8-16)15-7-11-4-2-3-10-5-6-14-13(10)11/h2-6,12,14-16H,7-9H2,1H3. The second kappa shape index (κ2) is 5.82. The number of benzene rings is 1. The lowest BCUT2D eigenvalue weighted by atomic mass is 10.1. The van der Waals surface area contributed by atoms with Gasteiger partial charge in [0.25, 0.3) is 0 Å². The lowest BCUT2D eigenvalue weighted by Crippen LogP contribution is -2.35. The number of aromatic nitrogens is 1. The zero-order valence-corrected chi connectivity index (χ0v) is 9.94. The van der Waals surface area contributed by atoms with Crippen molar-refractivity contribution in [3.8, 4) is 0 Å². The molecule has 2 rings (SSSR count). The van der Waals surface area contributed by atoms with Gasteiger partial charge in [0.2, 0.25) is 0 Å². The molecule has 92 valence electrons. The molecule has 4 nitrogen and oxygen atoms in total. The highest BCUT2D eigenvalue weighted by atomic mass is 16.5. The van der Waals surface area contributed by atoms with E-state index >= 15 is 0 Å². The van der Waals surface area contributed by atoms with E-state index in [2.05, 4.69) is 28.5 Å². The molecular formula is C13H18N2O2. The Balaban J connectivity index is 2.05. The maximum absolute atomic E-state index is 9.16. The number of hydrogen-bond acceptors (Lipinski definition) is 3. The molecule has 1 heterocycles. The van der Waals surface area contributed by atoms with Crippen LogP contribution in [0.5, 0.6) is 0 Å². The fourth-order valence-electron chi connectivity index (χ4n) is 1.93. The molecule has 1 aromatic carbocycles. The summed E-state index contributed by atoms with van der Waals surface area (Å²) in [4.78, 5) is 3.23. The third kappa shape index (κ3) is 2.85. The number of ether oxygens (including phenoxy) is 1. The van der Waals surface area contributed by atoms with Gasteiger partial charge in [0.1, 0.15) is 0 Å². The minimum atomic E-state index is -0.0229. The summed E-state index contributed by atoms with van der Waals surface area (Å²) in [6.45, 7) is 1.30. The first kappa shape index (κ1) is 12.1. The summed E-state index contributed by atoms with van der Waals surface area (Å²) in [5.41, 5.74) is 2.34. The number of fused-ring (bicyclic) bond motifs is 1. The van der Waals surface area contributed by atoms with Gasteiger partial charge >= 0.3 is 0 Å². The lowest BCUT2D eigenvalue weighted by Gasteiger charge is -2.15. The van der Waals surface area contributed by atoms with Crippen molar-refractivity contribution in [2.45, 2.75) is 12.6 Å². The average molecular weight is 234 g/mol. The summed E-state index contributed by atoms with van der Waals surface area (Å²) in [6.07, 6.45) is 1.94. The van der Waals surface area contributed by atoms with Crippen molar-refractivity contribution >= 4 is 10.9 Å².